The molecule has 0 fully saturated rings. The molecule has 0 aliphatic rings. The van der Waals surface area contributed by atoms with Gasteiger partial charge in [-0.25, -0.2) is 0 Å². The Morgan fingerprint density at radius 3 is 0.755 bits per heavy atom. The van der Waals surface area contributed by atoms with Crippen molar-refractivity contribution >= 4 is 17.9 Å². The Kier molecular flexibility index (Phi) is 41.8. The molecule has 0 rings (SSSR count). The van der Waals surface area contributed by atoms with Gasteiger partial charge in [0.15, 0.2) is 6.10 Å². The zero-order valence-corrected chi connectivity index (χ0v) is 35.8. The Hall–Kier alpha value is -1.59. The lowest BCUT2D eigenvalue weighted by molar-refractivity contribution is -0.167. The van der Waals surface area contributed by atoms with Crippen LogP contribution in [0.1, 0.15) is 265 Å². The molecule has 314 valence electrons. The summed E-state index contributed by atoms with van der Waals surface area (Å²) in [5.41, 5.74) is 0. The summed E-state index contributed by atoms with van der Waals surface area (Å²) >= 11 is 0. The van der Waals surface area contributed by atoms with Crippen LogP contribution in [0, 0.1) is 0 Å². The third-order valence-corrected chi connectivity index (χ3v) is 10.6. The predicted molar refractivity (Wildman–Crippen MR) is 224 cm³/mol. The van der Waals surface area contributed by atoms with Crippen molar-refractivity contribution in [3.63, 3.8) is 0 Å². The maximum atomic E-state index is 12.7. The second kappa shape index (κ2) is 43.1. The normalized spacial score (nSPS) is 11.8. The molecule has 6 heteroatoms. The van der Waals surface area contributed by atoms with Gasteiger partial charge >= 0.3 is 17.9 Å². The number of carbonyl (C=O) groups is 3. The Morgan fingerprint density at radius 1 is 0.302 bits per heavy atom. The zero-order valence-electron chi connectivity index (χ0n) is 35.8. The molecular formula is C47H90O6. The summed E-state index contributed by atoms with van der Waals surface area (Å²) in [5, 5.41) is 0. The lowest BCUT2D eigenvalue weighted by atomic mass is 10.0. The smallest absolute Gasteiger partial charge is 0.306 e. The minimum Gasteiger partial charge on any atom is -0.462 e. The molecule has 0 aliphatic heterocycles. The molecule has 0 amide bonds. The summed E-state index contributed by atoms with van der Waals surface area (Å²) in [6.45, 7) is 6.58. The zero-order chi connectivity index (χ0) is 38.7. The highest BCUT2D eigenvalue weighted by Gasteiger charge is 2.19. The molecule has 0 aromatic heterocycles. The highest BCUT2D eigenvalue weighted by molar-refractivity contribution is 5.71. The van der Waals surface area contributed by atoms with Crippen LogP contribution < -0.4 is 0 Å². The number of ether oxygens (including phenoxy) is 3. The topological polar surface area (TPSA) is 78.9 Å². The number of unbranched alkanes of at least 4 members (excludes halogenated alkanes) is 32. The van der Waals surface area contributed by atoms with Gasteiger partial charge in [0.1, 0.15) is 13.2 Å². The van der Waals surface area contributed by atoms with Gasteiger partial charge in [-0.05, 0) is 19.3 Å². The van der Waals surface area contributed by atoms with Gasteiger partial charge in [-0.2, -0.15) is 0 Å². The van der Waals surface area contributed by atoms with Gasteiger partial charge < -0.3 is 14.2 Å². The van der Waals surface area contributed by atoms with Crippen LogP contribution >= 0.6 is 0 Å². The summed E-state index contributed by atoms with van der Waals surface area (Å²) < 4.78 is 16.6. The molecule has 0 N–H and O–H groups in total. The van der Waals surface area contributed by atoms with E-state index in [1.165, 1.54) is 161 Å². The minimum absolute atomic E-state index is 0.0635. The molecule has 0 spiro atoms. The Labute approximate surface area is 329 Å². The van der Waals surface area contributed by atoms with Crippen LogP contribution in [0.4, 0.5) is 0 Å². The molecule has 0 aliphatic carbocycles. The number of hydrogen-bond donors (Lipinski definition) is 0. The highest BCUT2D eigenvalue weighted by Crippen LogP contribution is 2.16. The van der Waals surface area contributed by atoms with E-state index in [4.69, 9.17) is 14.2 Å². The molecule has 0 radical (unpaired) electrons. The molecule has 0 aromatic rings. The van der Waals surface area contributed by atoms with E-state index in [1.807, 2.05) is 0 Å². The first-order valence-electron chi connectivity index (χ1n) is 23.5. The largest absolute Gasteiger partial charge is 0.462 e. The van der Waals surface area contributed by atoms with E-state index in [1.54, 1.807) is 0 Å². The molecule has 0 saturated carbocycles. The number of esters is 3. The third-order valence-electron chi connectivity index (χ3n) is 10.6. The molecule has 0 saturated heterocycles. The highest BCUT2D eigenvalue weighted by atomic mass is 16.6. The first-order chi connectivity index (χ1) is 26.0. The number of carbonyl (C=O) groups excluding carboxylic acids is 3. The van der Waals surface area contributed by atoms with E-state index in [9.17, 15) is 14.4 Å². The van der Waals surface area contributed by atoms with Gasteiger partial charge in [0.25, 0.3) is 0 Å². The molecule has 53 heavy (non-hydrogen) atoms. The summed E-state index contributed by atoms with van der Waals surface area (Å²) in [4.78, 5) is 37.5. The van der Waals surface area contributed by atoms with Crippen LogP contribution in [0.15, 0.2) is 0 Å². The fraction of sp³-hybridized carbons (Fsp3) is 0.936. The van der Waals surface area contributed by atoms with Gasteiger partial charge in [-0.15, -0.1) is 0 Å². The van der Waals surface area contributed by atoms with Crippen molar-refractivity contribution in [1.29, 1.82) is 0 Å². The quantitative estimate of drug-likeness (QED) is 0.0267. The number of rotatable bonds is 43. The van der Waals surface area contributed by atoms with Crippen molar-refractivity contribution < 1.29 is 28.6 Å². The van der Waals surface area contributed by atoms with Crippen LogP contribution in [0.2, 0.25) is 0 Å². The summed E-state index contributed by atoms with van der Waals surface area (Å²) in [6.07, 6.45) is 44.0. The lowest BCUT2D eigenvalue weighted by Gasteiger charge is -2.18. The number of hydrogen-bond acceptors (Lipinski definition) is 6. The Balaban J connectivity index is 4.15. The molecule has 0 aromatic carbocycles. The van der Waals surface area contributed by atoms with E-state index in [0.717, 1.165) is 64.2 Å². The summed E-state index contributed by atoms with van der Waals surface area (Å²) in [5.74, 6) is -0.863. The van der Waals surface area contributed by atoms with Gasteiger partial charge in [0.05, 0.1) is 0 Å². The maximum absolute atomic E-state index is 12.7. The van der Waals surface area contributed by atoms with E-state index >= 15 is 0 Å². The fourth-order valence-corrected chi connectivity index (χ4v) is 7.03. The van der Waals surface area contributed by atoms with Crippen LogP contribution in [0.25, 0.3) is 0 Å². The van der Waals surface area contributed by atoms with Crippen LogP contribution in [0.5, 0.6) is 0 Å². The van der Waals surface area contributed by atoms with Crippen LogP contribution in [-0.2, 0) is 28.6 Å². The first-order valence-corrected chi connectivity index (χ1v) is 23.5. The van der Waals surface area contributed by atoms with Crippen molar-refractivity contribution in [3.05, 3.63) is 0 Å². The van der Waals surface area contributed by atoms with Crippen molar-refractivity contribution in [3.8, 4) is 0 Å². The Morgan fingerprint density at radius 2 is 0.509 bits per heavy atom. The monoisotopic (exact) mass is 752 g/mol. The second-order valence-corrected chi connectivity index (χ2v) is 16.0. The lowest BCUT2D eigenvalue weighted by Crippen LogP contribution is -2.30. The van der Waals surface area contributed by atoms with Gasteiger partial charge in [-0.3, -0.25) is 14.4 Å². The standard InChI is InChI=1S/C47H90O6/c1-4-7-10-13-15-17-19-21-23-25-27-29-31-34-37-40-46(49)52-43-44(42-51-45(48)39-36-33-12-9-6-3)53-47(50)41-38-35-32-30-28-26-24-22-20-18-16-14-11-8-5-2/h44H,4-43H2,1-3H3/i45+1. The van der Waals surface area contributed by atoms with Crippen molar-refractivity contribution in [2.75, 3.05) is 13.2 Å². The van der Waals surface area contributed by atoms with Crippen molar-refractivity contribution in [2.24, 2.45) is 0 Å². The van der Waals surface area contributed by atoms with E-state index < -0.39 is 6.10 Å². The molecule has 1 unspecified atom stereocenters. The molecule has 6 nitrogen and oxygen atoms in total. The summed E-state index contributed by atoms with van der Waals surface area (Å²) in [6, 6.07) is 0. The minimum atomic E-state index is -0.757. The van der Waals surface area contributed by atoms with E-state index in [-0.39, 0.29) is 31.1 Å². The van der Waals surface area contributed by atoms with Crippen LogP contribution in [0.3, 0.4) is 0 Å². The van der Waals surface area contributed by atoms with Gasteiger partial charge in [-0.1, -0.05) is 226 Å². The predicted octanol–water partition coefficient (Wildman–Crippen LogP) is 14.9. The van der Waals surface area contributed by atoms with Gasteiger partial charge in [0.2, 0.25) is 0 Å². The second-order valence-electron chi connectivity index (χ2n) is 16.0. The van der Waals surface area contributed by atoms with Crippen LogP contribution in [-0.4, -0.2) is 37.2 Å². The van der Waals surface area contributed by atoms with E-state index in [2.05, 4.69) is 20.8 Å². The Bertz CT molecular complexity index is 783. The fourth-order valence-electron chi connectivity index (χ4n) is 7.03. The first kappa shape index (κ1) is 51.4. The third kappa shape index (κ3) is 41.4. The summed E-state index contributed by atoms with van der Waals surface area (Å²) in [7, 11) is 0. The van der Waals surface area contributed by atoms with Crippen molar-refractivity contribution in [2.45, 2.75) is 271 Å². The molecule has 0 heterocycles. The average molecular weight is 752 g/mol. The molecular weight excluding hydrogens is 662 g/mol. The van der Waals surface area contributed by atoms with E-state index in [0.29, 0.717) is 19.3 Å². The SMILES string of the molecule is CCCCCCCCCCCCCCCCCC(=O)OCC(CO[13C](=O)CCCCCCC)OC(=O)CCCCCCCCCCCCCCCCC. The van der Waals surface area contributed by atoms with Gasteiger partial charge in [0, 0.05) is 19.3 Å². The maximum Gasteiger partial charge on any atom is 0.306 e. The average Bonchev–Trinajstić information content (AvgIpc) is 3.15. The molecule has 1 atom stereocenters. The molecule has 0 bridgehead atoms. The van der Waals surface area contributed by atoms with Crippen molar-refractivity contribution in [1.82, 2.24) is 0 Å².